The lowest BCUT2D eigenvalue weighted by Crippen LogP contribution is -2.52. The fourth-order valence-corrected chi connectivity index (χ4v) is 3.45. The minimum atomic E-state index is -0.518. The highest BCUT2D eigenvalue weighted by Crippen LogP contribution is 2.39. The Morgan fingerprint density at radius 2 is 1.80 bits per heavy atom. The number of nitrogens with one attached hydrogen (secondary N) is 1. The van der Waals surface area contributed by atoms with Crippen LogP contribution in [0.4, 0.5) is 11.4 Å². The van der Waals surface area contributed by atoms with Crippen LogP contribution in [-0.2, 0) is 9.59 Å². The molecule has 1 fully saturated rings. The molecule has 1 aliphatic heterocycles. The molecule has 2 amide bonds. The number of hydrogen-bond acceptors (Lipinski definition) is 3. The summed E-state index contributed by atoms with van der Waals surface area (Å²) in [5.74, 6) is -0.108. The highest BCUT2D eigenvalue weighted by molar-refractivity contribution is 6.02. The van der Waals surface area contributed by atoms with Crippen molar-refractivity contribution in [2.45, 2.75) is 59.0 Å². The zero-order valence-electron chi connectivity index (χ0n) is 15.7. The van der Waals surface area contributed by atoms with E-state index in [2.05, 4.69) is 16.3 Å². The molecule has 136 valence electrons. The Balaban J connectivity index is 1.71. The number of fused-ring (bicyclic) bond motifs is 1. The van der Waals surface area contributed by atoms with Crippen molar-refractivity contribution >= 4 is 23.2 Å². The first-order valence-electron chi connectivity index (χ1n) is 9.23. The van der Waals surface area contributed by atoms with E-state index in [1.54, 1.807) is 6.92 Å². The van der Waals surface area contributed by atoms with Gasteiger partial charge < -0.3 is 15.1 Å². The number of anilines is 2. The smallest absolute Gasteiger partial charge is 0.249 e. The van der Waals surface area contributed by atoms with E-state index in [1.165, 1.54) is 12.8 Å². The van der Waals surface area contributed by atoms with Crippen LogP contribution >= 0.6 is 0 Å². The SMILES string of the molecule is CC(NC(=O)CC(C)(C)C)C(=O)N1CCN(C2CC2)c2ccccc21. The van der Waals surface area contributed by atoms with Crippen LogP contribution < -0.4 is 15.1 Å². The third kappa shape index (κ3) is 4.14. The van der Waals surface area contributed by atoms with E-state index >= 15 is 0 Å². The Bertz CT molecular complexity index is 661. The average molecular weight is 343 g/mol. The summed E-state index contributed by atoms with van der Waals surface area (Å²) in [6.07, 6.45) is 2.89. The maximum atomic E-state index is 12.9. The van der Waals surface area contributed by atoms with E-state index in [0.717, 1.165) is 17.9 Å². The van der Waals surface area contributed by atoms with Gasteiger partial charge in [0.1, 0.15) is 6.04 Å². The zero-order chi connectivity index (χ0) is 18.2. The van der Waals surface area contributed by atoms with Gasteiger partial charge in [0, 0.05) is 25.6 Å². The van der Waals surface area contributed by atoms with Gasteiger partial charge >= 0.3 is 0 Å². The van der Waals surface area contributed by atoms with Gasteiger partial charge in [-0.05, 0) is 37.3 Å². The number of nitrogens with zero attached hydrogens (tertiary/aromatic N) is 2. The molecule has 1 aliphatic carbocycles. The van der Waals surface area contributed by atoms with Gasteiger partial charge in [-0.15, -0.1) is 0 Å². The van der Waals surface area contributed by atoms with Crippen molar-refractivity contribution in [1.82, 2.24) is 5.32 Å². The van der Waals surface area contributed by atoms with Crippen molar-refractivity contribution in [3.8, 4) is 0 Å². The van der Waals surface area contributed by atoms with Gasteiger partial charge in [0.25, 0.3) is 0 Å². The van der Waals surface area contributed by atoms with Crippen LogP contribution in [-0.4, -0.2) is 37.0 Å². The molecule has 1 aromatic carbocycles. The van der Waals surface area contributed by atoms with Gasteiger partial charge in [-0.1, -0.05) is 32.9 Å². The molecule has 1 aromatic rings. The molecular weight excluding hydrogens is 314 g/mol. The number of benzene rings is 1. The van der Waals surface area contributed by atoms with E-state index in [4.69, 9.17) is 0 Å². The molecule has 3 rings (SSSR count). The highest BCUT2D eigenvalue weighted by Gasteiger charge is 2.36. The summed E-state index contributed by atoms with van der Waals surface area (Å²) < 4.78 is 0. The van der Waals surface area contributed by atoms with Crippen LogP contribution in [0.5, 0.6) is 0 Å². The average Bonchev–Trinajstić information content (AvgIpc) is 3.36. The van der Waals surface area contributed by atoms with Crippen molar-refractivity contribution in [3.05, 3.63) is 24.3 Å². The van der Waals surface area contributed by atoms with Gasteiger partial charge in [-0.25, -0.2) is 0 Å². The number of rotatable bonds is 4. The van der Waals surface area contributed by atoms with Gasteiger partial charge in [-0.3, -0.25) is 9.59 Å². The maximum Gasteiger partial charge on any atom is 0.249 e. The van der Waals surface area contributed by atoms with Crippen molar-refractivity contribution in [1.29, 1.82) is 0 Å². The summed E-state index contributed by atoms with van der Waals surface area (Å²) in [6, 6.07) is 8.20. The van der Waals surface area contributed by atoms with Crippen LogP contribution in [0.1, 0.15) is 47.0 Å². The van der Waals surface area contributed by atoms with Crippen molar-refractivity contribution in [2.75, 3.05) is 22.9 Å². The number of carbonyl (C=O) groups excluding carboxylic acids is 2. The molecule has 0 bridgehead atoms. The first-order valence-corrected chi connectivity index (χ1v) is 9.23. The summed E-state index contributed by atoms with van der Waals surface area (Å²) in [4.78, 5) is 29.4. The normalized spacial score (nSPS) is 18.6. The molecule has 5 heteroatoms. The summed E-state index contributed by atoms with van der Waals surface area (Å²) in [5, 5.41) is 2.87. The van der Waals surface area contributed by atoms with Crippen LogP contribution in [0, 0.1) is 5.41 Å². The Morgan fingerprint density at radius 3 is 2.40 bits per heavy atom. The lowest BCUT2D eigenvalue weighted by Gasteiger charge is -2.39. The monoisotopic (exact) mass is 343 g/mol. The molecule has 1 N–H and O–H groups in total. The minimum absolute atomic E-state index is 0.0369. The van der Waals surface area contributed by atoms with Crippen LogP contribution in [0.3, 0.4) is 0 Å². The molecular formula is C20H29N3O2. The number of amides is 2. The largest absolute Gasteiger partial charge is 0.365 e. The first-order chi connectivity index (χ1) is 11.8. The molecule has 5 nitrogen and oxygen atoms in total. The molecule has 1 saturated carbocycles. The second kappa shape index (κ2) is 6.70. The van der Waals surface area contributed by atoms with Crippen molar-refractivity contribution < 1.29 is 9.59 Å². The molecule has 0 spiro atoms. The quantitative estimate of drug-likeness (QED) is 0.914. The molecule has 25 heavy (non-hydrogen) atoms. The lowest BCUT2D eigenvalue weighted by atomic mass is 9.92. The predicted molar refractivity (Wildman–Crippen MR) is 101 cm³/mol. The molecule has 1 atom stereocenters. The Morgan fingerprint density at radius 1 is 1.16 bits per heavy atom. The number of para-hydroxylation sites is 2. The summed E-state index contributed by atoms with van der Waals surface area (Å²) >= 11 is 0. The van der Waals surface area contributed by atoms with Crippen molar-refractivity contribution in [3.63, 3.8) is 0 Å². The minimum Gasteiger partial charge on any atom is -0.365 e. The molecule has 0 aromatic heterocycles. The Kier molecular flexibility index (Phi) is 4.76. The van der Waals surface area contributed by atoms with E-state index in [1.807, 2.05) is 43.9 Å². The summed E-state index contributed by atoms with van der Waals surface area (Å²) in [7, 11) is 0. The van der Waals surface area contributed by atoms with E-state index < -0.39 is 6.04 Å². The number of carbonyl (C=O) groups is 2. The molecule has 1 unspecified atom stereocenters. The summed E-state index contributed by atoms with van der Waals surface area (Å²) in [6.45, 7) is 9.37. The fourth-order valence-electron chi connectivity index (χ4n) is 3.45. The lowest BCUT2D eigenvalue weighted by molar-refractivity contribution is -0.128. The Labute approximate surface area is 150 Å². The number of hydrogen-bond donors (Lipinski definition) is 1. The Hall–Kier alpha value is -2.04. The van der Waals surface area contributed by atoms with E-state index in [0.29, 0.717) is 19.0 Å². The molecule has 1 heterocycles. The van der Waals surface area contributed by atoms with Crippen LogP contribution in [0.25, 0.3) is 0 Å². The second-order valence-electron chi connectivity index (χ2n) is 8.43. The second-order valence-corrected chi connectivity index (χ2v) is 8.43. The third-order valence-corrected chi connectivity index (χ3v) is 4.74. The van der Waals surface area contributed by atoms with Crippen molar-refractivity contribution in [2.24, 2.45) is 5.41 Å². The van der Waals surface area contributed by atoms with Crippen LogP contribution in [0.15, 0.2) is 24.3 Å². The highest BCUT2D eigenvalue weighted by atomic mass is 16.2. The summed E-state index contributed by atoms with van der Waals surface area (Å²) in [5.41, 5.74) is 2.01. The van der Waals surface area contributed by atoms with E-state index in [9.17, 15) is 9.59 Å². The predicted octanol–water partition coefficient (Wildman–Crippen LogP) is 2.94. The molecule has 0 radical (unpaired) electrons. The first kappa shape index (κ1) is 17.8. The molecule has 0 saturated heterocycles. The fraction of sp³-hybridized carbons (Fsp3) is 0.600. The third-order valence-electron chi connectivity index (χ3n) is 4.74. The van der Waals surface area contributed by atoms with Gasteiger partial charge in [0.15, 0.2) is 0 Å². The van der Waals surface area contributed by atoms with Gasteiger partial charge in [0.2, 0.25) is 11.8 Å². The maximum absolute atomic E-state index is 12.9. The van der Waals surface area contributed by atoms with Gasteiger partial charge in [-0.2, -0.15) is 0 Å². The topological polar surface area (TPSA) is 52.7 Å². The van der Waals surface area contributed by atoms with E-state index in [-0.39, 0.29) is 17.2 Å². The zero-order valence-corrected chi connectivity index (χ0v) is 15.7. The molecule has 2 aliphatic rings. The van der Waals surface area contributed by atoms with Crippen LogP contribution in [0.2, 0.25) is 0 Å². The standard InChI is InChI=1S/C20H29N3O2/c1-14(21-18(24)13-20(2,3)4)19(25)23-12-11-22(15-9-10-15)16-7-5-6-8-17(16)23/h5-8,14-15H,9-13H2,1-4H3,(H,21,24). The van der Waals surface area contributed by atoms with Gasteiger partial charge in [0.05, 0.1) is 11.4 Å².